The van der Waals surface area contributed by atoms with Crippen LogP contribution in [0.2, 0.25) is 0 Å². The SMILES string of the molecule is O=CNNC(=O)c1ccc(F)c(O)c1. The number of carbonyl (C=O) groups is 2. The van der Waals surface area contributed by atoms with E-state index in [-0.39, 0.29) is 12.0 Å². The van der Waals surface area contributed by atoms with Crippen molar-refractivity contribution in [2.45, 2.75) is 0 Å². The van der Waals surface area contributed by atoms with Crippen LogP contribution in [0.25, 0.3) is 0 Å². The lowest BCUT2D eigenvalue weighted by Crippen LogP contribution is -2.36. The number of phenols is 1. The minimum absolute atomic E-state index is 0.0400. The van der Waals surface area contributed by atoms with Gasteiger partial charge in [0.05, 0.1) is 0 Å². The standard InChI is InChI=1S/C8H7FN2O3/c9-6-2-1-5(3-7(6)13)8(14)11-10-4-12/h1-4,13H,(H,10,12)(H,11,14). The summed E-state index contributed by atoms with van der Waals surface area (Å²) in [5.74, 6) is -2.08. The van der Waals surface area contributed by atoms with Gasteiger partial charge in [-0.1, -0.05) is 0 Å². The van der Waals surface area contributed by atoms with Crippen molar-refractivity contribution in [1.29, 1.82) is 0 Å². The Morgan fingerprint density at radius 3 is 2.79 bits per heavy atom. The molecule has 0 unspecified atom stereocenters. The lowest BCUT2D eigenvalue weighted by Gasteiger charge is -2.03. The van der Waals surface area contributed by atoms with Gasteiger partial charge in [0.1, 0.15) is 0 Å². The van der Waals surface area contributed by atoms with Crippen LogP contribution in [0.1, 0.15) is 10.4 Å². The zero-order valence-electron chi connectivity index (χ0n) is 6.95. The number of aromatic hydroxyl groups is 1. The van der Waals surface area contributed by atoms with Gasteiger partial charge in [-0.05, 0) is 18.2 Å². The first-order valence-corrected chi connectivity index (χ1v) is 3.63. The molecule has 0 spiro atoms. The van der Waals surface area contributed by atoms with E-state index in [4.69, 9.17) is 5.11 Å². The summed E-state index contributed by atoms with van der Waals surface area (Å²) in [6.45, 7) is 0. The number of hydrazine groups is 1. The van der Waals surface area contributed by atoms with Gasteiger partial charge in [-0.2, -0.15) is 0 Å². The maximum absolute atomic E-state index is 12.6. The highest BCUT2D eigenvalue weighted by molar-refractivity contribution is 5.94. The third kappa shape index (κ3) is 2.19. The molecule has 0 aromatic heterocycles. The van der Waals surface area contributed by atoms with Crippen LogP contribution in [-0.4, -0.2) is 17.4 Å². The number of halogens is 1. The van der Waals surface area contributed by atoms with Gasteiger partial charge in [0, 0.05) is 5.56 Å². The molecule has 0 bridgehead atoms. The van der Waals surface area contributed by atoms with Crippen LogP contribution in [0.5, 0.6) is 5.75 Å². The van der Waals surface area contributed by atoms with Crippen LogP contribution >= 0.6 is 0 Å². The number of amides is 2. The van der Waals surface area contributed by atoms with Crippen LogP contribution in [0.3, 0.4) is 0 Å². The minimum Gasteiger partial charge on any atom is -0.505 e. The zero-order chi connectivity index (χ0) is 10.6. The molecule has 74 valence electrons. The van der Waals surface area contributed by atoms with E-state index < -0.39 is 17.5 Å². The molecule has 0 radical (unpaired) electrons. The Morgan fingerprint density at radius 1 is 1.50 bits per heavy atom. The van der Waals surface area contributed by atoms with Crippen molar-refractivity contribution >= 4 is 12.3 Å². The van der Waals surface area contributed by atoms with Crippen molar-refractivity contribution in [3.8, 4) is 5.75 Å². The van der Waals surface area contributed by atoms with E-state index in [2.05, 4.69) is 0 Å². The molecule has 0 aliphatic carbocycles. The molecule has 0 aliphatic heterocycles. The fourth-order valence-corrected chi connectivity index (χ4v) is 0.821. The predicted molar refractivity (Wildman–Crippen MR) is 44.7 cm³/mol. The van der Waals surface area contributed by atoms with E-state index in [9.17, 15) is 14.0 Å². The van der Waals surface area contributed by atoms with Gasteiger partial charge < -0.3 is 5.11 Å². The number of hydrogen-bond donors (Lipinski definition) is 3. The fraction of sp³-hybridized carbons (Fsp3) is 0. The Balaban J connectivity index is 2.80. The van der Waals surface area contributed by atoms with E-state index in [1.54, 1.807) is 0 Å². The zero-order valence-corrected chi connectivity index (χ0v) is 6.95. The summed E-state index contributed by atoms with van der Waals surface area (Å²) < 4.78 is 12.6. The lowest BCUT2D eigenvalue weighted by molar-refractivity contribution is -0.110. The second-order valence-corrected chi connectivity index (χ2v) is 2.38. The van der Waals surface area contributed by atoms with Gasteiger partial charge >= 0.3 is 0 Å². The van der Waals surface area contributed by atoms with Gasteiger partial charge in [-0.15, -0.1) is 0 Å². The Morgan fingerprint density at radius 2 is 2.21 bits per heavy atom. The molecule has 0 heterocycles. The lowest BCUT2D eigenvalue weighted by atomic mass is 10.2. The molecule has 2 amide bonds. The van der Waals surface area contributed by atoms with Crippen LogP contribution in [0.15, 0.2) is 18.2 Å². The molecule has 1 aromatic rings. The maximum atomic E-state index is 12.6. The van der Waals surface area contributed by atoms with Gasteiger partial charge in [0.2, 0.25) is 6.41 Å². The quantitative estimate of drug-likeness (QED) is 0.469. The van der Waals surface area contributed by atoms with Crippen LogP contribution in [0, 0.1) is 5.82 Å². The van der Waals surface area contributed by atoms with Gasteiger partial charge in [0.15, 0.2) is 11.6 Å². The van der Waals surface area contributed by atoms with Crippen molar-refractivity contribution in [3.63, 3.8) is 0 Å². The molecule has 14 heavy (non-hydrogen) atoms. The summed E-state index contributed by atoms with van der Waals surface area (Å²) in [5, 5.41) is 8.93. The molecule has 1 aromatic carbocycles. The van der Waals surface area contributed by atoms with E-state index >= 15 is 0 Å². The molecule has 0 fully saturated rings. The van der Waals surface area contributed by atoms with E-state index in [1.807, 2.05) is 10.9 Å². The highest BCUT2D eigenvalue weighted by atomic mass is 19.1. The second-order valence-electron chi connectivity index (χ2n) is 2.38. The smallest absolute Gasteiger partial charge is 0.269 e. The summed E-state index contributed by atoms with van der Waals surface area (Å²) in [4.78, 5) is 20.9. The van der Waals surface area contributed by atoms with Crippen LogP contribution < -0.4 is 10.9 Å². The van der Waals surface area contributed by atoms with Crippen molar-refractivity contribution in [2.75, 3.05) is 0 Å². The normalized spacial score (nSPS) is 9.21. The van der Waals surface area contributed by atoms with E-state index in [0.717, 1.165) is 12.1 Å². The summed E-state index contributed by atoms with van der Waals surface area (Å²) in [5.41, 5.74) is 3.97. The number of carbonyl (C=O) groups excluding carboxylic acids is 2. The largest absolute Gasteiger partial charge is 0.505 e. The average Bonchev–Trinajstić information content (AvgIpc) is 2.18. The monoisotopic (exact) mass is 198 g/mol. The summed E-state index contributed by atoms with van der Waals surface area (Å²) in [7, 11) is 0. The fourth-order valence-electron chi connectivity index (χ4n) is 0.821. The van der Waals surface area contributed by atoms with Crippen molar-refractivity contribution < 1.29 is 19.1 Å². The Hall–Kier alpha value is -2.11. The minimum atomic E-state index is -0.815. The number of benzene rings is 1. The highest BCUT2D eigenvalue weighted by Gasteiger charge is 2.07. The molecule has 0 aliphatic rings. The molecule has 6 heteroatoms. The summed E-state index contributed by atoms with van der Waals surface area (Å²) in [6, 6.07) is 3.08. The molecule has 1 rings (SSSR count). The molecular weight excluding hydrogens is 191 g/mol. The van der Waals surface area contributed by atoms with E-state index in [0.29, 0.717) is 0 Å². The molecule has 5 nitrogen and oxygen atoms in total. The molecule has 3 N–H and O–H groups in total. The first-order chi connectivity index (χ1) is 6.65. The van der Waals surface area contributed by atoms with Crippen LogP contribution in [0.4, 0.5) is 4.39 Å². The summed E-state index contributed by atoms with van der Waals surface area (Å²) in [6.07, 6.45) is 0.279. The highest BCUT2D eigenvalue weighted by Crippen LogP contribution is 2.16. The maximum Gasteiger partial charge on any atom is 0.269 e. The van der Waals surface area contributed by atoms with Gasteiger partial charge in [-0.3, -0.25) is 20.4 Å². The van der Waals surface area contributed by atoms with E-state index in [1.165, 1.54) is 6.07 Å². The van der Waals surface area contributed by atoms with Gasteiger partial charge in [-0.25, -0.2) is 4.39 Å². The van der Waals surface area contributed by atoms with Crippen molar-refractivity contribution in [1.82, 2.24) is 10.9 Å². The molecule has 0 atom stereocenters. The number of hydrogen-bond acceptors (Lipinski definition) is 3. The third-order valence-corrected chi connectivity index (χ3v) is 1.45. The number of rotatable bonds is 3. The predicted octanol–water partition coefficient (Wildman–Crippen LogP) is -0.0779. The first kappa shape index (κ1) is 9.97. The summed E-state index contributed by atoms with van der Waals surface area (Å²) >= 11 is 0. The Kier molecular flexibility index (Phi) is 3.01. The Labute approximate surface area is 78.5 Å². The Bertz CT molecular complexity index is 368. The molecular formula is C8H7FN2O3. The number of phenolic OH excluding ortho intramolecular Hbond substituents is 1. The van der Waals surface area contributed by atoms with Gasteiger partial charge in [0.25, 0.3) is 5.91 Å². The third-order valence-electron chi connectivity index (χ3n) is 1.45. The molecule has 0 saturated carbocycles. The van der Waals surface area contributed by atoms with Crippen molar-refractivity contribution in [2.24, 2.45) is 0 Å². The first-order valence-electron chi connectivity index (χ1n) is 3.63. The van der Waals surface area contributed by atoms with Crippen LogP contribution in [-0.2, 0) is 4.79 Å². The number of nitrogens with one attached hydrogen (secondary N) is 2. The van der Waals surface area contributed by atoms with Crippen molar-refractivity contribution in [3.05, 3.63) is 29.6 Å². The second kappa shape index (κ2) is 4.22. The molecule has 0 saturated heterocycles. The topological polar surface area (TPSA) is 78.4 Å². The average molecular weight is 198 g/mol.